The molecule has 0 bridgehead atoms. The molecule has 11 heavy (non-hydrogen) atoms. The molecule has 0 amide bonds. The molecule has 55 valence electrons. The van der Waals surface area contributed by atoms with Crippen LogP contribution < -0.4 is 0 Å². The number of fused-ring (bicyclic) bond motifs is 1. The van der Waals surface area contributed by atoms with Crippen LogP contribution in [0.25, 0.3) is 10.9 Å². The lowest BCUT2D eigenvalue weighted by Crippen LogP contribution is -1.84. The number of aryl methyl sites for hydroxylation is 1. The molecular weight excluding hydrogens is 160 g/mol. The summed E-state index contributed by atoms with van der Waals surface area (Å²) >= 11 is 5.87. The smallest absolute Gasteiger partial charge is 0.111 e. The van der Waals surface area contributed by atoms with Crippen LogP contribution in [0.15, 0.2) is 18.3 Å². The number of benzene rings is 1. The Morgan fingerprint density at radius 2 is 2.45 bits per heavy atom. The van der Waals surface area contributed by atoms with Crippen molar-refractivity contribution < 1.29 is 0 Å². The maximum absolute atomic E-state index is 5.87. The highest BCUT2D eigenvalue weighted by molar-refractivity contribution is 6.34. The van der Waals surface area contributed by atoms with E-state index in [0.29, 0.717) is 5.02 Å². The molecular formula is C8H6ClN2. The summed E-state index contributed by atoms with van der Waals surface area (Å²) in [5.74, 6) is 0. The highest BCUT2D eigenvalue weighted by Crippen LogP contribution is 2.19. The molecule has 1 aromatic heterocycles. The molecule has 2 rings (SSSR count). The van der Waals surface area contributed by atoms with Crippen molar-refractivity contribution in [3.05, 3.63) is 29.4 Å². The Morgan fingerprint density at radius 3 is 3.18 bits per heavy atom. The van der Waals surface area contributed by atoms with Gasteiger partial charge in [-0.15, -0.1) is 0 Å². The van der Waals surface area contributed by atoms with E-state index in [-0.39, 0.29) is 0 Å². The Hall–Kier alpha value is -1.02. The lowest BCUT2D eigenvalue weighted by molar-refractivity contribution is 0.780. The van der Waals surface area contributed by atoms with Crippen LogP contribution in [0.2, 0.25) is 5.02 Å². The third kappa shape index (κ3) is 0.994. The van der Waals surface area contributed by atoms with Gasteiger partial charge in [0, 0.05) is 18.6 Å². The van der Waals surface area contributed by atoms with Crippen molar-refractivity contribution in [2.45, 2.75) is 0 Å². The van der Waals surface area contributed by atoms with Crippen LogP contribution in [0.3, 0.4) is 0 Å². The fourth-order valence-electron chi connectivity index (χ4n) is 1.05. The molecule has 0 N–H and O–H groups in total. The summed E-state index contributed by atoms with van der Waals surface area (Å²) in [4.78, 5) is 0. The van der Waals surface area contributed by atoms with Gasteiger partial charge in [-0.25, -0.2) is 0 Å². The average molecular weight is 166 g/mol. The van der Waals surface area contributed by atoms with Gasteiger partial charge in [-0.2, -0.15) is 5.10 Å². The first-order valence-corrected chi connectivity index (χ1v) is 3.65. The van der Waals surface area contributed by atoms with E-state index in [1.165, 1.54) is 0 Å². The number of halogens is 1. The van der Waals surface area contributed by atoms with Gasteiger partial charge in [0.1, 0.15) is 5.52 Å². The lowest BCUT2D eigenvalue weighted by atomic mass is 10.3. The van der Waals surface area contributed by atoms with E-state index < -0.39 is 0 Å². The molecule has 0 aliphatic carbocycles. The van der Waals surface area contributed by atoms with Gasteiger partial charge in [0.05, 0.1) is 5.02 Å². The van der Waals surface area contributed by atoms with Crippen molar-refractivity contribution in [2.24, 2.45) is 7.05 Å². The summed E-state index contributed by atoms with van der Waals surface area (Å²) in [7, 11) is 1.87. The maximum atomic E-state index is 5.87. The third-order valence-corrected chi connectivity index (χ3v) is 1.83. The lowest BCUT2D eigenvalue weighted by Gasteiger charge is -1.87. The minimum atomic E-state index is 0.680. The van der Waals surface area contributed by atoms with E-state index in [9.17, 15) is 0 Å². The summed E-state index contributed by atoms with van der Waals surface area (Å²) in [6.45, 7) is 0. The molecule has 1 radical (unpaired) electrons. The van der Waals surface area contributed by atoms with Crippen molar-refractivity contribution in [2.75, 3.05) is 0 Å². The van der Waals surface area contributed by atoms with Crippen LogP contribution in [-0.2, 0) is 7.05 Å². The molecule has 1 heterocycles. The largest absolute Gasteiger partial charge is 0.275 e. The van der Waals surface area contributed by atoms with Gasteiger partial charge in [-0.05, 0) is 12.1 Å². The first-order valence-electron chi connectivity index (χ1n) is 3.27. The van der Waals surface area contributed by atoms with Crippen molar-refractivity contribution in [1.29, 1.82) is 0 Å². The minimum absolute atomic E-state index is 0.680. The summed E-state index contributed by atoms with van der Waals surface area (Å²) < 4.78 is 1.73. The standard InChI is InChI=1S/C8H6ClN2/c1-11-5-6-3-2-4-7(9)8(6)10-11/h2,4-5H,1H3. The number of rotatable bonds is 0. The highest BCUT2D eigenvalue weighted by Gasteiger charge is 2.00. The topological polar surface area (TPSA) is 17.8 Å². The maximum Gasteiger partial charge on any atom is 0.111 e. The Labute approximate surface area is 69.4 Å². The third-order valence-electron chi connectivity index (χ3n) is 1.52. The number of aromatic nitrogens is 2. The summed E-state index contributed by atoms with van der Waals surface area (Å²) in [6, 6.07) is 6.63. The van der Waals surface area contributed by atoms with Crippen LogP contribution in [0, 0.1) is 6.07 Å². The van der Waals surface area contributed by atoms with Crippen LogP contribution in [0.1, 0.15) is 0 Å². The minimum Gasteiger partial charge on any atom is -0.275 e. The summed E-state index contributed by atoms with van der Waals surface area (Å²) in [5.41, 5.74) is 0.816. The predicted octanol–water partition coefficient (Wildman–Crippen LogP) is 2.03. The SMILES string of the molecule is Cn1cc2[c]ccc(Cl)c2n1. The fourth-order valence-corrected chi connectivity index (χ4v) is 1.26. The second kappa shape index (κ2) is 2.24. The van der Waals surface area contributed by atoms with Crippen molar-refractivity contribution >= 4 is 22.5 Å². The van der Waals surface area contributed by atoms with Crippen LogP contribution in [-0.4, -0.2) is 9.78 Å². The van der Waals surface area contributed by atoms with E-state index in [2.05, 4.69) is 11.2 Å². The quantitative estimate of drug-likeness (QED) is 0.584. The molecule has 2 nitrogen and oxygen atoms in total. The van der Waals surface area contributed by atoms with E-state index in [1.807, 2.05) is 13.2 Å². The van der Waals surface area contributed by atoms with Gasteiger partial charge in [-0.3, -0.25) is 4.68 Å². The normalized spacial score (nSPS) is 10.7. The summed E-state index contributed by atoms with van der Waals surface area (Å²) in [6.07, 6.45) is 1.89. The number of nitrogens with zero attached hydrogens (tertiary/aromatic N) is 2. The zero-order valence-electron chi connectivity index (χ0n) is 6.00. The second-order valence-electron chi connectivity index (χ2n) is 2.39. The van der Waals surface area contributed by atoms with Gasteiger partial charge in [0.2, 0.25) is 0 Å². The fraction of sp³-hybridized carbons (Fsp3) is 0.125. The van der Waals surface area contributed by atoms with E-state index >= 15 is 0 Å². The molecule has 0 saturated heterocycles. The Balaban J connectivity index is 2.90. The zero-order chi connectivity index (χ0) is 7.84. The molecule has 0 aliphatic heterocycles. The molecule has 0 unspecified atom stereocenters. The first-order chi connectivity index (χ1) is 5.27. The Kier molecular flexibility index (Phi) is 1.36. The molecule has 0 spiro atoms. The van der Waals surface area contributed by atoms with Gasteiger partial charge in [0.15, 0.2) is 0 Å². The molecule has 3 heteroatoms. The van der Waals surface area contributed by atoms with E-state index in [0.717, 1.165) is 10.9 Å². The molecule has 0 saturated carbocycles. The summed E-state index contributed by atoms with van der Waals surface area (Å²) in [5, 5.41) is 5.80. The highest BCUT2D eigenvalue weighted by atomic mass is 35.5. The Morgan fingerprint density at radius 1 is 1.64 bits per heavy atom. The average Bonchev–Trinajstić information content (AvgIpc) is 2.31. The van der Waals surface area contributed by atoms with Crippen molar-refractivity contribution in [1.82, 2.24) is 9.78 Å². The van der Waals surface area contributed by atoms with E-state index in [1.54, 1.807) is 16.8 Å². The molecule has 0 aliphatic rings. The van der Waals surface area contributed by atoms with Crippen molar-refractivity contribution in [3.8, 4) is 0 Å². The van der Waals surface area contributed by atoms with E-state index in [4.69, 9.17) is 11.6 Å². The monoisotopic (exact) mass is 165 g/mol. The molecule has 0 atom stereocenters. The van der Waals surface area contributed by atoms with Gasteiger partial charge in [0.25, 0.3) is 0 Å². The van der Waals surface area contributed by atoms with Gasteiger partial charge >= 0.3 is 0 Å². The van der Waals surface area contributed by atoms with Crippen molar-refractivity contribution in [3.63, 3.8) is 0 Å². The first kappa shape index (κ1) is 6.68. The predicted molar refractivity (Wildman–Crippen MR) is 44.6 cm³/mol. The zero-order valence-corrected chi connectivity index (χ0v) is 6.76. The van der Waals surface area contributed by atoms with Crippen LogP contribution in [0.4, 0.5) is 0 Å². The molecule has 0 fully saturated rings. The molecule has 1 aromatic carbocycles. The number of hydrogen-bond donors (Lipinski definition) is 0. The van der Waals surface area contributed by atoms with Crippen LogP contribution >= 0.6 is 11.6 Å². The van der Waals surface area contributed by atoms with Crippen LogP contribution in [0.5, 0.6) is 0 Å². The number of hydrogen-bond acceptors (Lipinski definition) is 1. The van der Waals surface area contributed by atoms with Gasteiger partial charge in [-0.1, -0.05) is 17.7 Å². The second-order valence-corrected chi connectivity index (χ2v) is 2.80. The molecule has 2 aromatic rings. The van der Waals surface area contributed by atoms with Gasteiger partial charge < -0.3 is 0 Å². The Bertz CT molecular complexity index is 392.